The molecular weight excluding hydrogens is 1540 g/mol. The number of methoxy groups -OCH3 is 3. The Balaban J connectivity index is 0.000000156. The molecule has 3 aromatic carbocycles. The predicted octanol–water partition coefficient (Wildman–Crippen LogP) is 9.41. The molecule has 15 rings (SSSR count). The largest absolute Gasteiger partial charge is 0.495 e. The van der Waals surface area contributed by atoms with E-state index in [2.05, 4.69) is 98.8 Å². The molecule has 6 aliphatic heterocycles. The number of likely N-dealkylation sites (tertiary alicyclic amines) is 2. The number of hydrogen-bond acceptors (Lipinski definition) is 24. The Morgan fingerprint density at radius 1 is 0.425 bits per heavy atom. The number of carbonyl (C=O) groups is 6. The number of nitrogens with zero attached hydrogens (tertiary/aromatic N) is 14. The number of carbonyl (C=O) groups excluding carboxylic acids is 6. The van der Waals surface area contributed by atoms with Gasteiger partial charge in [-0.2, -0.15) is 15.0 Å². The van der Waals surface area contributed by atoms with Gasteiger partial charge in [-0.25, -0.2) is 28.1 Å². The lowest BCUT2D eigenvalue weighted by atomic mass is 9.90. The number of terminal acetylenes is 3. The van der Waals surface area contributed by atoms with Crippen LogP contribution in [0.2, 0.25) is 0 Å². The minimum atomic E-state index is -2.48. The Hall–Kier alpha value is -11.7. The number of rotatable bonds is 18. The summed E-state index contributed by atoms with van der Waals surface area (Å²) in [4.78, 5) is 119. The molecular formula is C87H108F3N21O9. The lowest BCUT2D eigenvalue weighted by Gasteiger charge is -2.39. The fourth-order valence-electron chi connectivity index (χ4n) is 16.9. The highest BCUT2D eigenvalue weighted by Crippen LogP contribution is 2.45. The monoisotopic (exact) mass is 1650 g/mol. The highest BCUT2D eigenvalue weighted by Gasteiger charge is 2.51. The number of ether oxygens (including phenoxy) is 3. The van der Waals surface area contributed by atoms with Crippen molar-refractivity contribution < 1.29 is 56.1 Å². The van der Waals surface area contributed by atoms with Gasteiger partial charge in [0, 0.05) is 74.1 Å². The van der Waals surface area contributed by atoms with Gasteiger partial charge < -0.3 is 90.6 Å². The topological polar surface area (TPSA) is 318 Å². The van der Waals surface area contributed by atoms with Gasteiger partial charge in [0.15, 0.2) is 17.5 Å². The second-order valence-electron chi connectivity index (χ2n) is 32.4. The van der Waals surface area contributed by atoms with E-state index in [0.29, 0.717) is 85.5 Å². The zero-order chi connectivity index (χ0) is 85.2. The summed E-state index contributed by atoms with van der Waals surface area (Å²) in [6.45, 7) is 4.85. The summed E-state index contributed by atoms with van der Waals surface area (Å²) in [5.41, 5.74) is -3.08. The van der Waals surface area contributed by atoms with Crippen molar-refractivity contribution in [3.05, 3.63) is 89.9 Å². The standard InChI is InChI=1S/C30H38FN7O3.C29H36FN7O3.C28H34FN7O3/c1-5-30(31)19-38(22-9-7-6-8-10-22)26-24(37(3)28(30)40)18-32-29(35-26)34-23-12-11-20(17-25(23)41-4)27(39)33-21-13-15-36(2)16-14-21;1-4-29(30)18-37(21-9-5-6-10-21)25-23(36(2)27(29)39)17-32-28(35-25)34-22-12-11-19(16-24(22)40-3)26(38)33-20-8-7-14-31-15-13-20;1-5-28(29)17-36(20-7-6-8-20)24-22(35(3)26(28)38)16-30-27(33-24)32-21-10-9-18(15-23(21)39-4)25(37)31-19-11-13-34(2)14-12-19/h1,11-12,17-18,21-22H,6-10,13-16,19H2,2-4H3,(H,33,39)(H,32,34,35);1,11-12,16-17,20-21,31H,5-10,13-15,18H2,2-3H3,(H,33,38)(H,32,34,35);1,9-10,15-16,19-20H,6-8,11-14,17H2,2-4H3,(H,31,37)(H,30,32,33)/t30-;20?,29-;28-/m010/s1. The normalized spacial score (nSPS) is 22.8. The second kappa shape index (κ2) is 37.7. The molecule has 120 heavy (non-hydrogen) atoms. The van der Waals surface area contributed by atoms with Crippen LogP contribution < -0.4 is 80.8 Å². The molecule has 636 valence electrons. The minimum absolute atomic E-state index is 0.00456. The van der Waals surface area contributed by atoms with Gasteiger partial charge in [0.2, 0.25) is 17.8 Å². The second-order valence-corrected chi connectivity index (χ2v) is 32.4. The molecule has 30 nitrogen and oxygen atoms in total. The molecule has 3 saturated carbocycles. The number of piperidine rings is 2. The van der Waals surface area contributed by atoms with E-state index in [-0.39, 0.29) is 91.5 Å². The third-order valence-electron chi connectivity index (χ3n) is 24.4. The SMILES string of the molecule is C#C[C@@]1(F)CN(C2CCCC2)c2nc(Nc3ccc(C(=O)NC4CCCNCC4)cc3OC)ncc2N(C)C1=O.C#C[C@]1(F)CN(C2CCC2)c2nc(Nc3ccc(C(=O)NC4CCN(C)CC4)cc3OC)ncc2N(C)C1=O.C#C[C@]1(F)CN(C2CCCCC2)c2nc(Nc3ccc(C(=O)NC4CCN(C)CC4)cc3OC)ncc2N(C)C1=O. The van der Waals surface area contributed by atoms with Crippen molar-refractivity contribution in [1.82, 2.24) is 61.0 Å². The first kappa shape index (κ1) is 86.1. The van der Waals surface area contributed by atoms with Crippen molar-refractivity contribution in [2.24, 2.45) is 0 Å². The average molecular weight is 1650 g/mol. The molecule has 1 unspecified atom stereocenters. The molecule has 9 aliphatic rings. The number of halogens is 3. The maximum Gasteiger partial charge on any atom is 0.279 e. The number of anilines is 12. The molecule has 6 fully saturated rings. The maximum atomic E-state index is 15.8. The van der Waals surface area contributed by atoms with E-state index in [1.165, 1.54) is 75.8 Å². The van der Waals surface area contributed by atoms with Gasteiger partial charge >= 0.3 is 0 Å². The molecule has 0 bridgehead atoms. The van der Waals surface area contributed by atoms with Crippen molar-refractivity contribution in [3.63, 3.8) is 0 Å². The predicted molar refractivity (Wildman–Crippen MR) is 456 cm³/mol. The van der Waals surface area contributed by atoms with Gasteiger partial charge in [-0.15, -0.1) is 19.3 Å². The van der Waals surface area contributed by atoms with Crippen molar-refractivity contribution in [3.8, 4) is 54.3 Å². The number of benzene rings is 3. The Morgan fingerprint density at radius 3 is 1.03 bits per heavy atom. The quantitative estimate of drug-likeness (QED) is 0.0394. The first-order valence-electron chi connectivity index (χ1n) is 41.4. The van der Waals surface area contributed by atoms with E-state index in [4.69, 9.17) is 43.4 Å². The Kier molecular flexibility index (Phi) is 27.1. The molecule has 33 heteroatoms. The van der Waals surface area contributed by atoms with E-state index in [9.17, 15) is 28.8 Å². The molecule has 3 aromatic heterocycles. The summed E-state index contributed by atoms with van der Waals surface area (Å²) < 4.78 is 63.8. The zero-order valence-corrected chi connectivity index (χ0v) is 69.5. The van der Waals surface area contributed by atoms with Crippen LogP contribution in [0.5, 0.6) is 17.2 Å². The molecule has 6 amide bonds. The number of amides is 6. The Morgan fingerprint density at radius 2 is 0.733 bits per heavy atom. The van der Waals surface area contributed by atoms with Crippen LogP contribution in [0.25, 0.3) is 0 Å². The van der Waals surface area contributed by atoms with Gasteiger partial charge in [-0.1, -0.05) is 49.9 Å². The summed E-state index contributed by atoms with van der Waals surface area (Å²) in [6, 6.07) is 15.9. The van der Waals surface area contributed by atoms with Crippen molar-refractivity contribution in [1.29, 1.82) is 0 Å². The van der Waals surface area contributed by atoms with Crippen molar-refractivity contribution in [2.75, 3.05) is 161 Å². The van der Waals surface area contributed by atoms with Crippen molar-refractivity contribution in [2.45, 2.75) is 175 Å². The third-order valence-corrected chi connectivity index (χ3v) is 24.4. The summed E-state index contributed by atoms with van der Waals surface area (Å²) in [5.74, 6) is 6.80. The Bertz CT molecular complexity index is 4890. The van der Waals surface area contributed by atoms with E-state index < -0.39 is 34.7 Å². The van der Waals surface area contributed by atoms with E-state index in [0.717, 1.165) is 161 Å². The summed E-state index contributed by atoms with van der Waals surface area (Å²) in [6.07, 6.45) is 38.9. The number of hydrogen-bond donors (Lipinski definition) is 7. The van der Waals surface area contributed by atoms with E-state index >= 15 is 13.2 Å². The highest BCUT2D eigenvalue weighted by atomic mass is 19.2. The van der Waals surface area contributed by atoms with Crippen LogP contribution >= 0.6 is 0 Å². The van der Waals surface area contributed by atoms with E-state index in [1.807, 2.05) is 9.80 Å². The molecule has 7 N–H and O–H groups in total. The first-order chi connectivity index (χ1) is 57.8. The van der Waals surface area contributed by atoms with E-state index in [1.54, 1.807) is 59.5 Å². The highest BCUT2D eigenvalue weighted by molar-refractivity contribution is 6.07. The number of alkyl halides is 3. The molecule has 3 saturated heterocycles. The van der Waals surface area contributed by atoms with Crippen LogP contribution in [0.4, 0.5) is 82.6 Å². The van der Waals surface area contributed by atoms with Gasteiger partial charge in [0.1, 0.15) is 34.3 Å². The van der Waals surface area contributed by atoms with Gasteiger partial charge in [-0.05, 0) is 198 Å². The molecule has 9 heterocycles. The fourth-order valence-corrected chi connectivity index (χ4v) is 16.9. The van der Waals surface area contributed by atoms with Crippen LogP contribution in [0.15, 0.2) is 73.2 Å². The smallest absolute Gasteiger partial charge is 0.279 e. The van der Waals surface area contributed by atoms with Gasteiger partial charge in [0.05, 0.1) is 76.6 Å². The summed E-state index contributed by atoms with van der Waals surface area (Å²) >= 11 is 0. The first-order valence-corrected chi connectivity index (χ1v) is 41.4. The zero-order valence-electron chi connectivity index (χ0n) is 69.5. The average Bonchev–Trinajstić information content (AvgIpc) is 1.62. The van der Waals surface area contributed by atoms with Gasteiger partial charge in [-0.3, -0.25) is 28.8 Å². The number of nitrogens with one attached hydrogen (secondary N) is 7. The number of fused-ring (bicyclic) bond motifs is 3. The number of aromatic nitrogens is 6. The molecule has 3 aliphatic carbocycles. The molecule has 6 aromatic rings. The van der Waals surface area contributed by atoms with Crippen LogP contribution in [0, 0.1) is 37.0 Å². The molecule has 0 spiro atoms. The summed E-state index contributed by atoms with van der Waals surface area (Å²) in [5, 5.41) is 22.2. The van der Waals surface area contributed by atoms with Crippen LogP contribution in [0.1, 0.15) is 153 Å². The lowest BCUT2D eigenvalue weighted by Crippen LogP contribution is -2.52. The summed E-state index contributed by atoms with van der Waals surface area (Å²) in [7, 11) is 13.2. The Labute approximate surface area is 699 Å². The van der Waals surface area contributed by atoms with Crippen LogP contribution in [0.3, 0.4) is 0 Å². The molecule has 4 atom stereocenters. The lowest BCUT2D eigenvalue weighted by molar-refractivity contribution is -0.126. The van der Waals surface area contributed by atoms with Gasteiger partial charge in [0.25, 0.3) is 52.4 Å². The van der Waals surface area contributed by atoms with Crippen LogP contribution in [-0.4, -0.2) is 244 Å². The van der Waals surface area contributed by atoms with Crippen molar-refractivity contribution >= 4 is 105 Å². The van der Waals surface area contributed by atoms with Crippen LogP contribution in [-0.2, 0) is 14.4 Å². The maximum absolute atomic E-state index is 15.8. The fraction of sp³-hybridized carbons (Fsp3) is 0.517. The minimum Gasteiger partial charge on any atom is -0.495 e. The third kappa shape index (κ3) is 19.1. The molecule has 0 radical (unpaired) electrons.